The van der Waals surface area contributed by atoms with E-state index in [0.29, 0.717) is 12.0 Å². The van der Waals surface area contributed by atoms with Crippen molar-refractivity contribution >= 4 is 11.3 Å². The summed E-state index contributed by atoms with van der Waals surface area (Å²) >= 11 is 1.83. The summed E-state index contributed by atoms with van der Waals surface area (Å²) in [6.07, 6.45) is 6.49. The average molecular weight is 310 g/mol. The molecule has 3 rings (SSSR count). The van der Waals surface area contributed by atoms with Gasteiger partial charge in [0.2, 0.25) is 0 Å². The van der Waals surface area contributed by atoms with Gasteiger partial charge < -0.3 is 14.8 Å². The van der Waals surface area contributed by atoms with Crippen molar-refractivity contribution in [3.63, 3.8) is 0 Å². The Balaban J connectivity index is 1.75. The summed E-state index contributed by atoms with van der Waals surface area (Å²) in [5.41, 5.74) is -0.0191. The van der Waals surface area contributed by atoms with Crippen LogP contribution in [0.25, 0.3) is 0 Å². The van der Waals surface area contributed by atoms with Crippen LogP contribution in [0.2, 0.25) is 0 Å². The molecular formula is C16H26N2O2S. The summed E-state index contributed by atoms with van der Waals surface area (Å²) < 4.78 is 11.7. The highest BCUT2D eigenvalue weighted by Gasteiger charge is 2.43. The Hall–Kier alpha value is -0.490. The minimum atomic E-state index is -0.0191. The van der Waals surface area contributed by atoms with Gasteiger partial charge in [0.05, 0.1) is 17.2 Å². The molecule has 1 aromatic heterocycles. The van der Waals surface area contributed by atoms with Crippen LogP contribution >= 0.6 is 11.3 Å². The molecule has 0 bridgehead atoms. The lowest BCUT2D eigenvalue weighted by Crippen LogP contribution is -2.44. The fourth-order valence-corrected chi connectivity index (χ4v) is 4.49. The molecule has 2 saturated heterocycles. The van der Waals surface area contributed by atoms with E-state index in [-0.39, 0.29) is 5.60 Å². The van der Waals surface area contributed by atoms with Gasteiger partial charge in [-0.15, -0.1) is 11.3 Å². The number of nitrogens with zero attached hydrogens (tertiary/aromatic N) is 1. The molecule has 0 aromatic carbocycles. The number of aromatic nitrogens is 1. The standard InChI is InChI=1S/C16H26N2O2S/c1-3-6-17-15(14-10-18-12(2)21-14)13-4-7-20-16(9-13)5-8-19-11-16/h10,13,15,17H,3-9,11H2,1-2H3. The van der Waals surface area contributed by atoms with Gasteiger partial charge in [-0.1, -0.05) is 6.92 Å². The highest BCUT2D eigenvalue weighted by Crippen LogP contribution is 2.41. The molecule has 3 atom stereocenters. The summed E-state index contributed by atoms with van der Waals surface area (Å²) in [6.45, 7) is 7.84. The van der Waals surface area contributed by atoms with Gasteiger partial charge in [-0.3, -0.25) is 0 Å². The van der Waals surface area contributed by atoms with Crippen molar-refractivity contribution in [1.29, 1.82) is 0 Å². The lowest BCUT2D eigenvalue weighted by atomic mass is 9.80. The minimum Gasteiger partial charge on any atom is -0.378 e. The highest BCUT2D eigenvalue weighted by atomic mass is 32.1. The number of ether oxygens (including phenoxy) is 2. The molecular weight excluding hydrogens is 284 g/mol. The molecule has 1 aromatic rings. The molecule has 5 heteroatoms. The molecule has 4 nitrogen and oxygen atoms in total. The molecule has 2 aliphatic rings. The first-order valence-electron chi connectivity index (χ1n) is 8.10. The smallest absolute Gasteiger partial charge is 0.0940 e. The Morgan fingerprint density at radius 1 is 1.52 bits per heavy atom. The Labute approximate surface area is 131 Å². The number of aryl methyl sites for hydroxylation is 1. The third-order valence-electron chi connectivity index (χ3n) is 4.63. The van der Waals surface area contributed by atoms with Crippen molar-refractivity contribution < 1.29 is 9.47 Å². The Bertz CT molecular complexity index is 457. The normalized spacial score (nSPS) is 30.9. The summed E-state index contributed by atoms with van der Waals surface area (Å²) in [4.78, 5) is 5.83. The van der Waals surface area contributed by atoms with Gasteiger partial charge in [0, 0.05) is 36.8 Å². The summed E-state index contributed by atoms with van der Waals surface area (Å²) in [6, 6.07) is 0.414. The first-order valence-corrected chi connectivity index (χ1v) is 8.91. The SMILES string of the molecule is CCCNC(c1cnc(C)s1)C1CCOC2(CCOC2)C1. The molecule has 2 fully saturated rings. The first-order chi connectivity index (χ1) is 10.2. The van der Waals surface area contributed by atoms with Gasteiger partial charge in [0.15, 0.2) is 0 Å². The van der Waals surface area contributed by atoms with E-state index >= 15 is 0 Å². The van der Waals surface area contributed by atoms with Gasteiger partial charge in [-0.05, 0) is 38.6 Å². The fraction of sp³-hybridized carbons (Fsp3) is 0.812. The highest BCUT2D eigenvalue weighted by molar-refractivity contribution is 7.11. The Morgan fingerprint density at radius 2 is 2.43 bits per heavy atom. The monoisotopic (exact) mass is 310 g/mol. The maximum Gasteiger partial charge on any atom is 0.0940 e. The van der Waals surface area contributed by atoms with Crippen molar-refractivity contribution in [2.24, 2.45) is 5.92 Å². The predicted octanol–water partition coefficient (Wildman–Crippen LogP) is 3.08. The lowest BCUT2D eigenvalue weighted by Gasteiger charge is -2.40. The van der Waals surface area contributed by atoms with E-state index in [2.05, 4.69) is 30.3 Å². The molecule has 118 valence electrons. The van der Waals surface area contributed by atoms with Crippen LogP contribution in [-0.2, 0) is 9.47 Å². The summed E-state index contributed by atoms with van der Waals surface area (Å²) in [7, 11) is 0. The van der Waals surface area contributed by atoms with Crippen LogP contribution < -0.4 is 5.32 Å². The van der Waals surface area contributed by atoms with Crippen molar-refractivity contribution in [3.05, 3.63) is 16.1 Å². The fourth-order valence-electron chi connectivity index (χ4n) is 3.53. The van der Waals surface area contributed by atoms with Gasteiger partial charge in [-0.2, -0.15) is 0 Å². The quantitative estimate of drug-likeness (QED) is 0.907. The molecule has 1 spiro atoms. The van der Waals surface area contributed by atoms with Crippen molar-refractivity contribution in [2.75, 3.05) is 26.4 Å². The molecule has 0 radical (unpaired) electrons. The van der Waals surface area contributed by atoms with Crippen LogP contribution in [0, 0.1) is 12.8 Å². The number of hydrogen-bond donors (Lipinski definition) is 1. The van der Waals surface area contributed by atoms with Crippen LogP contribution in [0.5, 0.6) is 0 Å². The number of hydrogen-bond acceptors (Lipinski definition) is 5. The molecule has 21 heavy (non-hydrogen) atoms. The molecule has 1 N–H and O–H groups in total. The zero-order chi connectivity index (χ0) is 14.7. The van der Waals surface area contributed by atoms with Crippen LogP contribution in [0.4, 0.5) is 0 Å². The zero-order valence-electron chi connectivity index (χ0n) is 13.1. The molecule has 0 aliphatic carbocycles. The topological polar surface area (TPSA) is 43.4 Å². The second kappa shape index (κ2) is 6.73. The average Bonchev–Trinajstić information content (AvgIpc) is 3.10. The second-order valence-corrected chi connectivity index (χ2v) is 7.57. The second-order valence-electron chi connectivity index (χ2n) is 6.30. The van der Waals surface area contributed by atoms with E-state index in [1.807, 2.05) is 11.3 Å². The molecule has 3 unspecified atom stereocenters. The van der Waals surface area contributed by atoms with Gasteiger partial charge in [0.25, 0.3) is 0 Å². The van der Waals surface area contributed by atoms with E-state index in [0.717, 1.165) is 57.1 Å². The third kappa shape index (κ3) is 3.47. The number of rotatable bonds is 5. The maximum absolute atomic E-state index is 6.09. The van der Waals surface area contributed by atoms with Crippen molar-refractivity contribution in [1.82, 2.24) is 10.3 Å². The van der Waals surface area contributed by atoms with E-state index in [1.54, 1.807) is 0 Å². The van der Waals surface area contributed by atoms with Crippen molar-refractivity contribution in [3.8, 4) is 0 Å². The van der Waals surface area contributed by atoms with E-state index < -0.39 is 0 Å². The summed E-state index contributed by atoms with van der Waals surface area (Å²) in [5.74, 6) is 0.617. The largest absolute Gasteiger partial charge is 0.378 e. The van der Waals surface area contributed by atoms with Gasteiger partial charge in [0.1, 0.15) is 0 Å². The molecule has 2 aliphatic heterocycles. The van der Waals surface area contributed by atoms with Crippen LogP contribution in [0.15, 0.2) is 6.20 Å². The number of thiazole rings is 1. The molecule has 0 amide bonds. The van der Waals surface area contributed by atoms with Gasteiger partial charge in [-0.25, -0.2) is 4.98 Å². The lowest BCUT2D eigenvalue weighted by molar-refractivity contribution is -0.103. The Morgan fingerprint density at radius 3 is 3.10 bits per heavy atom. The van der Waals surface area contributed by atoms with Crippen molar-refractivity contribution in [2.45, 2.75) is 51.2 Å². The van der Waals surface area contributed by atoms with Gasteiger partial charge >= 0.3 is 0 Å². The summed E-state index contributed by atoms with van der Waals surface area (Å²) in [5, 5.41) is 4.90. The van der Waals surface area contributed by atoms with Crippen LogP contribution in [0.1, 0.15) is 48.5 Å². The molecule has 3 heterocycles. The van der Waals surface area contributed by atoms with Crippen LogP contribution in [0.3, 0.4) is 0 Å². The zero-order valence-corrected chi connectivity index (χ0v) is 13.9. The van der Waals surface area contributed by atoms with Crippen LogP contribution in [-0.4, -0.2) is 37.0 Å². The molecule has 0 saturated carbocycles. The third-order valence-corrected chi connectivity index (χ3v) is 5.63. The van der Waals surface area contributed by atoms with E-state index in [1.165, 1.54) is 4.88 Å². The van der Waals surface area contributed by atoms with E-state index in [9.17, 15) is 0 Å². The first kappa shape index (κ1) is 15.4. The van der Waals surface area contributed by atoms with E-state index in [4.69, 9.17) is 9.47 Å². The maximum atomic E-state index is 6.09. The number of nitrogens with one attached hydrogen (secondary N) is 1. The minimum absolute atomic E-state index is 0.0191. The Kier molecular flexibility index (Phi) is 4.94. The predicted molar refractivity (Wildman–Crippen MR) is 84.7 cm³/mol.